The lowest BCUT2D eigenvalue weighted by atomic mass is 10.1. The molecular formula is C20H20F3N3O2. The third-order valence-corrected chi connectivity index (χ3v) is 4.96. The standard InChI is InChI=1S/C20H20F3N3O2/c1-12-4-3-5-16(13(12)2)25-8-10-26(11-9-25)20(28)19(27)24-15-7-6-14(21)17(22)18(15)23/h3-7H,8-11H2,1-2H3,(H,24,27). The van der Waals surface area contributed by atoms with Crippen LogP contribution in [0.5, 0.6) is 0 Å². The molecule has 3 rings (SSSR count). The lowest BCUT2D eigenvalue weighted by molar-refractivity contribution is -0.143. The van der Waals surface area contributed by atoms with Crippen molar-refractivity contribution in [1.82, 2.24) is 4.90 Å². The SMILES string of the molecule is Cc1cccc(N2CCN(C(=O)C(=O)Nc3ccc(F)c(F)c3F)CC2)c1C. The number of carbonyl (C=O) groups excluding carboxylic acids is 2. The summed E-state index contributed by atoms with van der Waals surface area (Å²) in [5.41, 5.74) is 2.84. The number of piperazine rings is 1. The van der Waals surface area contributed by atoms with Crippen molar-refractivity contribution < 1.29 is 22.8 Å². The fourth-order valence-corrected chi connectivity index (χ4v) is 3.17. The van der Waals surface area contributed by atoms with Crippen LogP contribution in [0.1, 0.15) is 11.1 Å². The Morgan fingerprint density at radius 2 is 1.61 bits per heavy atom. The monoisotopic (exact) mass is 391 g/mol. The van der Waals surface area contributed by atoms with Crippen molar-refractivity contribution in [2.75, 3.05) is 36.4 Å². The van der Waals surface area contributed by atoms with Crippen molar-refractivity contribution in [1.29, 1.82) is 0 Å². The quantitative estimate of drug-likeness (QED) is 0.633. The Kier molecular flexibility index (Phi) is 5.58. The molecule has 1 heterocycles. The number of halogens is 3. The highest BCUT2D eigenvalue weighted by atomic mass is 19.2. The van der Waals surface area contributed by atoms with E-state index < -0.39 is 35.0 Å². The lowest BCUT2D eigenvalue weighted by Crippen LogP contribution is -2.51. The summed E-state index contributed by atoms with van der Waals surface area (Å²) >= 11 is 0. The largest absolute Gasteiger partial charge is 0.368 e. The van der Waals surface area contributed by atoms with Gasteiger partial charge in [0.1, 0.15) is 0 Å². The molecule has 0 unspecified atom stereocenters. The van der Waals surface area contributed by atoms with Gasteiger partial charge < -0.3 is 15.1 Å². The molecule has 0 aliphatic carbocycles. The summed E-state index contributed by atoms with van der Waals surface area (Å²) in [5, 5.41) is 2.01. The van der Waals surface area contributed by atoms with Gasteiger partial charge in [-0.25, -0.2) is 13.2 Å². The molecule has 0 bridgehead atoms. The minimum absolute atomic E-state index is 0.319. The maximum Gasteiger partial charge on any atom is 0.313 e. The number of carbonyl (C=O) groups is 2. The van der Waals surface area contributed by atoms with Gasteiger partial charge in [0.25, 0.3) is 0 Å². The Bertz CT molecular complexity index is 925. The second-order valence-electron chi connectivity index (χ2n) is 6.68. The molecule has 2 aromatic carbocycles. The van der Waals surface area contributed by atoms with Crippen LogP contribution in [-0.2, 0) is 9.59 Å². The summed E-state index contributed by atoms with van der Waals surface area (Å²) in [6.07, 6.45) is 0. The number of anilines is 2. The van der Waals surface area contributed by atoms with E-state index in [0.29, 0.717) is 32.2 Å². The molecular weight excluding hydrogens is 371 g/mol. The van der Waals surface area contributed by atoms with Gasteiger partial charge in [-0.1, -0.05) is 12.1 Å². The summed E-state index contributed by atoms with van der Waals surface area (Å²) < 4.78 is 39.9. The maximum atomic E-state index is 13.7. The molecule has 1 saturated heterocycles. The maximum absolute atomic E-state index is 13.7. The molecule has 0 saturated carbocycles. The van der Waals surface area contributed by atoms with E-state index in [9.17, 15) is 22.8 Å². The van der Waals surface area contributed by atoms with Gasteiger partial charge in [0.05, 0.1) is 5.69 Å². The van der Waals surface area contributed by atoms with Crippen LogP contribution in [0.25, 0.3) is 0 Å². The van der Waals surface area contributed by atoms with Gasteiger partial charge in [-0.15, -0.1) is 0 Å². The summed E-state index contributed by atoms with van der Waals surface area (Å²) in [5.74, 6) is -6.55. The van der Waals surface area contributed by atoms with E-state index >= 15 is 0 Å². The van der Waals surface area contributed by atoms with Gasteiger partial charge in [0.2, 0.25) is 0 Å². The molecule has 1 fully saturated rings. The first kappa shape index (κ1) is 19.7. The van der Waals surface area contributed by atoms with Crippen LogP contribution in [0.4, 0.5) is 24.5 Å². The molecule has 1 aliphatic heterocycles. The van der Waals surface area contributed by atoms with Crippen molar-refractivity contribution in [3.63, 3.8) is 0 Å². The third-order valence-electron chi connectivity index (χ3n) is 4.96. The van der Waals surface area contributed by atoms with Gasteiger partial charge >= 0.3 is 11.8 Å². The van der Waals surface area contributed by atoms with Crippen molar-refractivity contribution >= 4 is 23.2 Å². The Hall–Kier alpha value is -3.03. The predicted octanol–water partition coefficient (Wildman–Crippen LogP) is 3.01. The molecule has 0 aromatic heterocycles. The molecule has 148 valence electrons. The fourth-order valence-electron chi connectivity index (χ4n) is 3.17. The van der Waals surface area contributed by atoms with E-state index in [4.69, 9.17) is 0 Å². The third kappa shape index (κ3) is 3.81. The second kappa shape index (κ2) is 7.92. The van der Waals surface area contributed by atoms with Crippen LogP contribution in [0.2, 0.25) is 0 Å². The number of nitrogens with zero attached hydrogens (tertiary/aromatic N) is 2. The Labute approximate surface area is 160 Å². The molecule has 28 heavy (non-hydrogen) atoms. The van der Waals surface area contributed by atoms with Crippen LogP contribution in [0, 0.1) is 31.3 Å². The van der Waals surface area contributed by atoms with Crippen LogP contribution < -0.4 is 10.2 Å². The minimum atomic E-state index is -1.70. The van der Waals surface area contributed by atoms with Crippen molar-refractivity contribution in [2.24, 2.45) is 0 Å². The van der Waals surface area contributed by atoms with Crippen LogP contribution >= 0.6 is 0 Å². The number of aryl methyl sites for hydroxylation is 1. The summed E-state index contributed by atoms with van der Waals surface area (Å²) in [6.45, 7) is 5.79. The van der Waals surface area contributed by atoms with E-state index in [1.807, 2.05) is 37.4 Å². The van der Waals surface area contributed by atoms with E-state index in [0.717, 1.165) is 17.3 Å². The zero-order chi connectivity index (χ0) is 20.4. The first-order chi connectivity index (χ1) is 13.3. The Morgan fingerprint density at radius 1 is 0.929 bits per heavy atom. The van der Waals surface area contributed by atoms with Gasteiger partial charge in [-0.2, -0.15) is 0 Å². The molecule has 8 heteroatoms. The normalized spacial score (nSPS) is 14.2. The zero-order valence-electron chi connectivity index (χ0n) is 15.6. The predicted molar refractivity (Wildman–Crippen MR) is 99.7 cm³/mol. The zero-order valence-corrected chi connectivity index (χ0v) is 15.6. The highest BCUT2D eigenvalue weighted by molar-refractivity contribution is 6.39. The first-order valence-corrected chi connectivity index (χ1v) is 8.84. The summed E-state index contributed by atoms with van der Waals surface area (Å²) in [4.78, 5) is 27.9. The molecule has 0 spiro atoms. The molecule has 0 radical (unpaired) electrons. The van der Waals surface area contributed by atoms with Gasteiger partial charge in [0.15, 0.2) is 17.5 Å². The van der Waals surface area contributed by atoms with Crippen LogP contribution in [-0.4, -0.2) is 42.9 Å². The molecule has 0 atom stereocenters. The topological polar surface area (TPSA) is 52.7 Å². The van der Waals surface area contributed by atoms with E-state index in [2.05, 4.69) is 4.90 Å². The smallest absolute Gasteiger partial charge is 0.313 e. The van der Waals surface area contributed by atoms with Crippen molar-refractivity contribution in [3.8, 4) is 0 Å². The number of nitrogens with one attached hydrogen (secondary N) is 1. The summed E-state index contributed by atoms with van der Waals surface area (Å²) in [7, 11) is 0. The van der Waals surface area contributed by atoms with E-state index in [1.165, 1.54) is 10.5 Å². The number of hydrogen-bond donors (Lipinski definition) is 1. The molecule has 2 aromatic rings. The number of rotatable bonds is 2. The first-order valence-electron chi connectivity index (χ1n) is 8.84. The average molecular weight is 391 g/mol. The van der Waals surface area contributed by atoms with E-state index in [1.54, 1.807) is 0 Å². The number of benzene rings is 2. The Balaban J connectivity index is 1.63. The fraction of sp³-hybridized carbons (Fsp3) is 0.300. The average Bonchev–Trinajstić information content (AvgIpc) is 2.70. The molecule has 2 amide bonds. The second-order valence-corrected chi connectivity index (χ2v) is 6.68. The van der Waals surface area contributed by atoms with Crippen LogP contribution in [0.15, 0.2) is 30.3 Å². The minimum Gasteiger partial charge on any atom is -0.368 e. The highest BCUT2D eigenvalue weighted by Crippen LogP contribution is 2.24. The highest BCUT2D eigenvalue weighted by Gasteiger charge is 2.27. The van der Waals surface area contributed by atoms with Gasteiger partial charge in [0, 0.05) is 31.9 Å². The van der Waals surface area contributed by atoms with Crippen molar-refractivity contribution in [3.05, 3.63) is 58.9 Å². The molecule has 1 N–H and O–H groups in total. The van der Waals surface area contributed by atoms with Gasteiger partial charge in [-0.3, -0.25) is 9.59 Å². The molecule has 1 aliphatic rings. The lowest BCUT2D eigenvalue weighted by Gasteiger charge is -2.36. The van der Waals surface area contributed by atoms with E-state index in [-0.39, 0.29) is 0 Å². The summed E-state index contributed by atoms with van der Waals surface area (Å²) in [6, 6.07) is 7.57. The van der Waals surface area contributed by atoms with Crippen molar-refractivity contribution in [2.45, 2.75) is 13.8 Å². The molecule has 5 nitrogen and oxygen atoms in total. The van der Waals surface area contributed by atoms with Gasteiger partial charge in [-0.05, 0) is 43.2 Å². The Morgan fingerprint density at radius 3 is 2.29 bits per heavy atom. The van der Waals surface area contributed by atoms with Crippen LogP contribution in [0.3, 0.4) is 0 Å². The number of hydrogen-bond acceptors (Lipinski definition) is 3. The number of amides is 2.